The van der Waals surface area contributed by atoms with E-state index in [0.29, 0.717) is 6.07 Å². The predicted octanol–water partition coefficient (Wildman–Crippen LogP) is 1.93. The summed E-state index contributed by atoms with van der Waals surface area (Å²) in [5, 5.41) is 5.80. The summed E-state index contributed by atoms with van der Waals surface area (Å²) < 4.78 is 52.9. The molecule has 122 valence electrons. The molecule has 2 aromatic rings. The Balaban J connectivity index is 2.41. The fourth-order valence-corrected chi connectivity index (χ4v) is 1.88. The number of anilines is 1. The monoisotopic (exact) mass is 330 g/mol. The Morgan fingerprint density at radius 2 is 1.91 bits per heavy atom. The highest BCUT2D eigenvalue weighted by atomic mass is 19.4. The Hall–Kier alpha value is -2.91. The number of aromatic nitrogens is 2. The third kappa shape index (κ3) is 3.47. The average molecular weight is 330 g/mol. The molecule has 0 unspecified atom stereocenters. The van der Waals surface area contributed by atoms with E-state index in [1.54, 1.807) is 0 Å². The minimum atomic E-state index is -4.93. The number of benzene rings is 1. The Morgan fingerprint density at radius 3 is 2.48 bits per heavy atom. The number of nitrogens with two attached hydrogens (primary N) is 1. The van der Waals surface area contributed by atoms with E-state index in [0.717, 1.165) is 10.7 Å². The maximum Gasteiger partial charge on any atom is 0.417 e. The number of primary amides is 1. The molecule has 0 bridgehead atoms. The van der Waals surface area contributed by atoms with Gasteiger partial charge in [-0.1, -0.05) is 0 Å². The molecule has 0 saturated heterocycles. The lowest BCUT2D eigenvalue weighted by atomic mass is 10.1. The number of nitrogens with zero attached hydrogens (tertiary/aromatic N) is 2. The molecule has 1 aromatic heterocycles. The maximum absolute atomic E-state index is 13.0. The topological polar surface area (TPSA) is 90.0 Å². The van der Waals surface area contributed by atoms with Gasteiger partial charge in [0.25, 0.3) is 11.8 Å². The van der Waals surface area contributed by atoms with Crippen LogP contribution in [0.25, 0.3) is 0 Å². The fraction of sp³-hybridized carbons (Fsp3) is 0.154. The summed E-state index contributed by atoms with van der Waals surface area (Å²) in [6.45, 7) is 0. The van der Waals surface area contributed by atoms with Crippen molar-refractivity contribution in [2.24, 2.45) is 12.8 Å². The molecule has 0 aliphatic carbocycles. The second kappa shape index (κ2) is 5.71. The number of carbonyl (C=O) groups excluding carboxylic acids is 2. The highest BCUT2D eigenvalue weighted by Crippen LogP contribution is 2.33. The van der Waals surface area contributed by atoms with Crippen molar-refractivity contribution >= 4 is 17.6 Å². The van der Waals surface area contributed by atoms with Crippen molar-refractivity contribution in [2.75, 3.05) is 5.32 Å². The van der Waals surface area contributed by atoms with E-state index in [1.165, 1.54) is 13.2 Å². The molecule has 2 amide bonds. The van der Waals surface area contributed by atoms with Crippen molar-refractivity contribution in [3.63, 3.8) is 0 Å². The van der Waals surface area contributed by atoms with Crippen molar-refractivity contribution < 1.29 is 27.2 Å². The molecule has 0 saturated carbocycles. The minimum absolute atomic E-state index is 0.170. The Labute approximate surface area is 126 Å². The second-order valence-corrected chi connectivity index (χ2v) is 4.57. The van der Waals surface area contributed by atoms with E-state index in [-0.39, 0.29) is 17.4 Å². The molecule has 0 aliphatic rings. The zero-order chi connectivity index (χ0) is 17.4. The quantitative estimate of drug-likeness (QED) is 0.843. The van der Waals surface area contributed by atoms with Crippen LogP contribution in [0.2, 0.25) is 0 Å². The molecule has 10 heteroatoms. The molecule has 0 atom stereocenters. The summed E-state index contributed by atoms with van der Waals surface area (Å²) in [7, 11) is 1.43. The predicted molar refractivity (Wildman–Crippen MR) is 71.1 cm³/mol. The van der Waals surface area contributed by atoms with E-state index >= 15 is 0 Å². The number of amides is 2. The van der Waals surface area contributed by atoms with Crippen LogP contribution in [0.3, 0.4) is 0 Å². The van der Waals surface area contributed by atoms with Crippen molar-refractivity contribution in [1.29, 1.82) is 0 Å². The normalized spacial score (nSPS) is 11.3. The molecule has 0 aliphatic heterocycles. The van der Waals surface area contributed by atoms with Crippen LogP contribution in [-0.2, 0) is 13.2 Å². The first-order chi connectivity index (χ1) is 10.6. The van der Waals surface area contributed by atoms with Crippen molar-refractivity contribution in [3.8, 4) is 0 Å². The van der Waals surface area contributed by atoms with Gasteiger partial charge < -0.3 is 11.1 Å². The van der Waals surface area contributed by atoms with Gasteiger partial charge in [-0.2, -0.15) is 18.3 Å². The fourth-order valence-electron chi connectivity index (χ4n) is 1.88. The summed E-state index contributed by atoms with van der Waals surface area (Å²) in [4.78, 5) is 23.3. The van der Waals surface area contributed by atoms with Gasteiger partial charge in [0.05, 0.1) is 11.1 Å². The highest BCUT2D eigenvalue weighted by molar-refractivity contribution is 6.08. The molecule has 6 nitrogen and oxygen atoms in total. The number of halogens is 4. The first-order valence-corrected chi connectivity index (χ1v) is 6.11. The van der Waals surface area contributed by atoms with E-state index < -0.39 is 34.9 Å². The standard InChI is InChI=1S/C13H10F4N4O2/c1-21-5-8(10(18)22)11(20-21)19-12(23)7-3-2-6(14)4-9(7)13(15,16)17/h2-5H,1H3,(H2,18,22)(H,19,20,23). The molecule has 1 heterocycles. The SMILES string of the molecule is Cn1cc(C(N)=O)c(NC(=O)c2ccc(F)cc2C(F)(F)F)n1. The third-order valence-electron chi connectivity index (χ3n) is 2.86. The lowest BCUT2D eigenvalue weighted by Crippen LogP contribution is -2.21. The van der Waals surface area contributed by atoms with Gasteiger partial charge in [-0.25, -0.2) is 4.39 Å². The molecule has 0 spiro atoms. The lowest BCUT2D eigenvalue weighted by Gasteiger charge is -2.12. The van der Waals surface area contributed by atoms with Gasteiger partial charge in [0.1, 0.15) is 11.4 Å². The van der Waals surface area contributed by atoms with Crippen molar-refractivity contribution in [3.05, 3.63) is 46.9 Å². The molecule has 1 aromatic carbocycles. The summed E-state index contributed by atoms with van der Waals surface area (Å²) in [6.07, 6.45) is -3.72. The van der Waals surface area contributed by atoms with Crippen molar-refractivity contribution in [2.45, 2.75) is 6.18 Å². The number of rotatable bonds is 3. The molecular formula is C13H10F4N4O2. The molecular weight excluding hydrogens is 320 g/mol. The Bertz CT molecular complexity index is 783. The summed E-state index contributed by atoms with van der Waals surface area (Å²) in [5.41, 5.74) is 2.67. The maximum atomic E-state index is 13.0. The van der Waals surface area contributed by atoms with Crippen LogP contribution in [-0.4, -0.2) is 21.6 Å². The van der Waals surface area contributed by atoms with E-state index in [2.05, 4.69) is 10.4 Å². The van der Waals surface area contributed by atoms with Gasteiger partial charge in [0.2, 0.25) is 0 Å². The summed E-state index contributed by atoms with van der Waals surface area (Å²) >= 11 is 0. The first kappa shape index (κ1) is 16.5. The van der Waals surface area contributed by atoms with Gasteiger partial charge in [0.15, 0.2) is 5.82 Å². The van der Waals surface area contributed by atoms with Crippen LogP contribution < -0.4 is 11.1 Å². The van der Waals surface area contributed by atoms with E-state index in [9.17, 15) is 27.2 Å². The van der Waals surface area contributed by atoms with Gasteiger partial charge in [0, 0.05) is 13.2 Å². The zero-order valence-electron chi connectivity index (χ0n) is 11.6. The van der Waals surface area contributed by atoms with Crippen LogP contribution in [0, 0.1) is 5.82 Å². The van der Waals surface area contributed by atoms with Crippen molar-refractivity contribution in [1.82, 2.24) is 9.78 Å². The molecule has 0 fully saturated rings. The summed E-state index contributed by atoms with van der Waals surface area (Å²) in [6, 6.07) is 1.63. The van der Waals surface area contributed by atoms with Gasteiger partial charge in [-0.05, 0) is 18.2 Å². The van der Waals surface area contributed by atoms with Crippen LogP contribution in [0.4, 0.5) is 23.4 Å². The lowest BCUT2D eigenvalue weighted by molar-refractivity contribution is -0.138. The smallest absolute Gasteiger partial charge is 0.365 e. The molecule has 0 radical (unpaired) electrons. The van der Waals surface area contributed by atoms with E-state index in [4.69, 9.17) is 5.73 Å². The zero-order valence-corrected chi connectivity index (χ0v) is 11.6. The van der Waals surface area contributed by atoms with Crippen LogP contribution >= 0.6 is 0 Å². The molecule has 3 N–H and O–H groups in total. The number of alkyl halides is 3. The van der Waals surface area contributed by atoms with Crippen LogP contribution in [0.5, 0.6) is 0 Å². The Morgan fingerprint density at radius 1 is 1.26 bits per heavy atom. The third-order valence-corrected chi connectivity index (χ3v) is 2.86. The van der Waals surface area contributed by atoms with Gasteiger partial charge in [-0.3, -0.25) is 14.3 Å². The number of aryl methyl sites for hydroxylation is 1. The molecule has 23 heavy (non-hydrogen) atoms. The van der Waals surface area contributed by atoms with Gasteiger partial charge in [-0.15, -0.1) is 0 Å². The summed E-state index contributed by atoms with van der Waals surface area (Å²) in [5.74, 6) is -3.53. The van der Waals surface area contributed by atoms with Crippen LogP contribution in [0.15, 0.2) is 24.4 Å². The van der Waals surface area contributed by atoms with E-state index in [1.807, 2.05) is 0 Å². The number of hydrogen-bond acceptors (Lipinski definition) is 3. The first-order valence-electron chi connectivity index (χ1n) is 6.11. The van der Waals surface area contributed by atoms with Crippen LogP contribution in [0.1, 0.15) is 26.3 Å². The second-order valence-electron chi connectivity index (χ2n) is 4.57. The number of carbonyl (C=O) groups is 2. The molecule has 2 rings (SSSR count). The Kier molecular flexibility index (Phi) is 4.08. The minimum Gasteiger partial charge on any atom is -0.365 e. The average Bonchev–Trinajstić information content (AvgIpc) is 2.78. The number of hydrogen-bond donors (Lipinski definition) is 2. The van der Waals surface area contributed by atoms with Gasteiger partial charge >= 0.3 is 6.18 Å². The number of nitrogens with one attached hydrogen (secondary N) is 1. The largest absolute Gasteiger partial charge is 0.417 e. The highest BCUT2D eigenvalue weighted by Gasteiger charge is 2.36.